The van der Waals surface area contributed by atoms with E-state index in [2.05, 4.69) is 15.6 Å². The van der Waals surface area contributed by atoms with Crippen molar-refractivity contribution in [1.82, 2.24) is 15.2 Å². The largest absolute Gasteiger partial charge is 0.385 e. The normalized spacial score (nSPS) is 18.0. The number of hydrogen-bond donors (Lipinski definition) is 2. The molecular formula is C15H24N4O. The van der Waals surface area contributed by atoms with Crippen LogP contribution in [0.15, 0.2) is 18.3 Å². The number of aromatic nitrogens is 1. The third-order valence-corrected chi connectivity index (χ3v) is 3.79. The van der Waals surface area contributed by atoms with Gasteiger partial charge >= 0.3 is 0 Å². The molecule has 1 aromatic heterocycles. The van der Waals surface area contributed by atoms with Gasteiger partial charge in [-0.05, 0) is 51.4 Å². The number of anilines is 1. The monoisotopic (exact) mass is 276 g/mol. The van der Waals surface area contributed by atoms with E-state index in [1.165, 1.54) is 6.42 Å². The number of carbonyl (C=O) groups excluding carboxylic acids is 1. The maximum absolute atomic E-state index is 12.2. The van der Waals surface area contributed by atoms with Crippen LogP contribution in [-0.2, 0) is 0 Å². The first-order valence-electron chi connectivity index (χ1n) is 7.44. The molecule has 2 heterocycles. The molecule has 0 spiro atoms. The molecule has 2 rings (SSSR count). The lowest BCUT2D eigenvalue weighted by atomic mass is 10.1. The van der Waals surface area contributed by atoms with E-state index >= 15 is 0 Å². The van der Waals surface area contributed by atoms with Gasteiger partial charge in [-0.2, -0.15) is 0 Å². The summed E-state index contributed by atoms with van der Waals surface area (Å²) < 4.78 is 0. The molecule has 0 aromatic carbocycles. The number of rotatable bonds is 6. The molecule has 5 heteroatoms. The summed E-state index contributed by atoms with van der Waals surface area (Å²) in [7, 11) is 0. The van der Waals surface area contributed by atoms with Crippen LogP contribution in [0, 0.1) is 5.92 Å². The predicted molar refractivity (Wildman–Crippen MR) is 81.0 cm³/mol. The number of nitrogens with zero attached hydrogens (tertiary/aromatic N) is 2. The standard InChI is InChI=1S/C15H24N4O/c1-3-19(4-2)15(20)14-9-13(6-8-17-14)18-11-12-5-7-16-10-12/h6,8-9,12,16H,3-5,7,10-11H2,1-2H3,(H,17,18). The number of carbonyl (C=O) groups is 1. The van der Waals surface area contributed by atoms with E-state index in [1.807, 2.05) is 26.0 Å². The fourth-order valence-corrected chi connectivity index (χ4v) is 2.48. The Morgan fingerprint density at radius 2 is 2.30 bits per heavy atom. The Balaban J connectivity index is 1.97. The van der Waals surface area contributed by atoms with Crippen molar-refractivity contribution in [2.24, 2.45) is 5.92 Å². The van der Waals surface area contributed by atoms with Gasteiger partial charge in [0.15, 0.2) is 0 Å². The third-order valence-electron chi connectivity index (χ3n) is 3.79. The first-order valence-corrected chi connectivity index (χ1v) is 7.44. The first-order chi connectivity index (χ1) is 9.74. The highest BCUT2D eigenvalue weighted by atomic mass is 16.2. The van der Waals surface area contributed by atoms with Crippen LogP contribution in [0.3, 0.4) is 0 Å². The summed E-state index contributed by atoms with van der Waals surface area (Å²) in [4.78, 5) is 18.2. The quantitative estimate of drug-likeness (QED) is 0.828. The van der Waals surface area contributed by atoms with Crippen LogP contribution in [0.1, 0.15) is 30.8 Å². The van der Waals surface area contributed by atoms with Crippen molar-refractivity contribution in [2.45, 2.75) is 20.3 Å². The van der Waals surface area contributed by atoms with E-state index in [0.29, 0.717) is 24.7 Å². The van der Waals surface area contributed by atoms with Gasteiger partial charge in [-0.3, -0.25) is 9.78 Å². The molecule has 1 amide bonds. The third kappa shape index (κ3) is 3.70. The molecule has 0 radical (unpaired) electrons. The Bertz CT molecular complexity index is 439. The van der Waals surface area contributed by atoms with Crippen LogP contribution in [0.2, 0.25) is 0 Å². The lowest BCUT2D eigenvalue weighted by molar-refractivity contribution is 0.0767. The van der Waals surface area contributed by atoms with Crippen molar-refractivity contribution in [3.05, 3.63) is 24.0 Å². The molecule has 0 bridgehead atoms. The summed E-state index contributed by atoms with van der Waals surface area (Å²) in [5.41, 5.74) is 1.49. The number of pyridine rings is 1. The minimum Gasteiger partial charge on any atom is -0.385 e. The van der Waals surface area contributed by atoms with Gasteiger partial charge in [0, 0.05) is 31.5 Å². The summed E-state index contributed by atoms with van der Waals surface area (Å²) >= 11 is 0. The van der Waals surface area contributed by atoms with Crippen molar-refractivity contribution in [3.8, 4) is 0 Å². The van der Waals surface area contributed by atoms with Gasteiger partial charge in [-0.25, -0.2) is 0 Å². The second-order valence-electron chi connectivity index (χ2n) is 5.15. The molecule has 2 N–H and O–H groups in total. The highest BCUT2D eigenvalue weighted by Crippen LogP contribution is 2.13. The van der Waals surface area contributed by atoms with E-state index in [1.54, 1.807) is 11.1 Å². The molecule has 20 heavy (non-hydrogen) atoms. The SMILES string of the molecule is CCN(CC)C(=O)c1cc(NCC2CCNC2)ccn1. The van der Waals surface area contributed by atoms with Gasteiger partial charge in [0.1, 0.15) is 5.69 Å². The summed E-state index contributed by atoms with van der Waals surface area (Å²) in [5.74, 6) is 0.672. The molecule has 1 atom stereocenters. The van der Waals surface area contributed by atoms with Crippen LogP contribution in [0.5, 0.6) is 0 Å². The second-order valence-corrected chi connectivity index (χ2v) is 5.15. The molecule has 1 saturated heterocycles. The Labute approximate surface area is 120 Å². The average Bonchev–Trinajstić information content (AvgIpc) is 3.00. The van der Waals surface area contributed by atoms with Gasteiger partial charge in [0.25, 0.3) is 5.91 Å². The molecule has 1 aliphatic heterocycles. The topological polar surface area (TPSA) is 57.3 Å². The Hall–Kier alpha value is -1.62. The second kappa shape index (κ2) is 7.24. The van der Waals surface area contributed by atoms with Gasteiger partial charge in [0.05, 0.1) is 0 Å². The van der Waals surface area contributed by atoms with Crippen molar-refractivity contribution < 1.29 is 4.79 Å². The fourth-order valence-electron chi connectivity index (χ4n) is 2.48. The van der Waals surface area contributed by atoms with E-state index in [9.17, 15) is 4.79 Å². The Morgan fingerprint density at radius 1 is 1.50 bits per heavy atom. The zero-order chi connectivity index (χ0) is 14.4. The lowest BCUT2D eigenvalue weighted by Gasteiger charge is -2.18. The maximum Gasteiger partial charge on any atom is 0.272 e. The Morgan fingerprint density at radius 3 is 2.95 bits per heavy atom. The highest BCUT2D eigenvalue weighted by molar-refractivity contribution is 5.93. The van der Waals surface area contributed by atoms with Gasteiger partial charge in [0.2, 0.25) is 0 Å². The van der Waals surface area contributed by atoms with Crippen LogP contribution in [0.4, 0.5) is 5.69 Å². The van der Waals surface area contributed by atoms with Crippen LogP contribution >= 0.6 is 0 Å². The van der Waals surface area contributed by atoms with E-state index < -0.39 is 0 Å². The first kappa shape index (κ1) is 14.8. The molecule has 1 aromatic rings. The predicted octanol–water partition coefficient (Wildman–Crippen LogP) is 1.58. The van der Waals surface area contributed by atoms with Crippen LogP contribution in [-0.4, -0.2) is 48.5 Å². The van der Waals surface area contributed by atoms with E-state index in [0.717, 1.165) is 25.3 Å². The Kier molecular flexibility index (Phi) is 5.35. The van der Waals surface area contributed by atoms with Crippen molar-refractivity contribution in [2.75, 3.05) is 38.0 Å². The molecule has 110 valence electrons. The van der Waals surface area contributed by atoms with E-state index in [-0.39, 0.29) is 5.91 Å². The smallest absolute Gasteiger partial charge is 0.272 e. The van der Waals surface area contributed by atoms with Crippen molar-refractivity contribution in [3.63, 3.8) is 0 Å². The summed E-state index contributed by atoms with van der Waals surface area (Å²) in [6.07, 6.45) is 2.91. The van der Waals surface area contributed by atoms with E-state index in [4.69, 9.17) is 0 Å². The molecule has 0 aliphatic carbocycles. The summed E-state index contributed by atoms with van der Waals surface area (Å²) in [6.45, 7) is 8.51. The minimum absolute atomic E-state index is 0.00110. The lowest BCUT2D eigenvalue weighted by Crippen LogP contribution is -2.31. The summed E-state index contributed by atoms with van der Waals surface area (Å²) in [5, 5.41) is 6.76. The summed E-state index contributed by atoms with van der Waals surface area (Å²) in [6, 6.07) is 3.77. The number of hydrogen-bond acceptors (Lipinski definition) is 4. The maximum atomic E-state index is 12.2. The highest BCUT2D eigenvalue weighted by Gasteiger charge is 2.16. The molecule has 1 aliphatic rings. The van der Waals surface area contributed by atoms with Crippen LogP contribution in [0.25, 0.3) is 0 Å². The minimum atomic E-state index is 0.00110. The van der Waals surface area contributed by atoms with Crippen molar-refractivity contribution >= 4 is 11.6 Å². The van der Waals surface area contributed by atoms with Gasteiger partial charge in [-0.15, -0.1) is 0 Å². The molecule has 0 saturated carbocycles. The molecule has 1 unspecified atom stereocenters. The zero-order valence-electron chi connectivity index (χ0n) is 12.4. The average molecular weight is 276 g/mol. The van der Waals surface area contributed by atoms with Gasteiger partial charge < -0.3 is 15.5 Å². The molecule has 5 nitrogen and oxygen atoms in total. The molecular weight excluding hydrogens is 252 g/mol. The zero-order valence-corrected chi connectivity index (χ0v) is 12.4. The van der Waals surface area contributed by atoms with Crippen molar-refractivity contribution in [1.29, 1.82) is 0 Å². The fraction of sp³-hybridized carbons (Fsp3) is 0.600. The van der Waals surface area contributed by atoms with Crippen LogP contribution < -0.4 is 10.6 Å². The van der Waals surface area contributed by atoms with Gasteiger partial charge in [-0.1, -0.05) is 0 Å². The number of amides is 1. The number of nitrogens with one attached hydrogen (secondary N) is 2. The molecule has 1 fully saturated rings.